The summed E-state index contributed by atoms with van der Waals surface area (Å²) < 4.78 is 0. The third kappa shape index (κ3) is 6.42. The maximum absolute atomic E-state index is 12.2. The van der Waals surface area contributed by atoms with Crippen LogP contribution in [0.25, 0.3) is 0 Å². The predicted octanol–water partition coefficient (Wildman–Crippen LogP) is 0.327. The van der Waals surface area contributed by atoms with Crippen molar-refractivity contribution in [1.82, 2.24) is 15.1 Å². The number of benzene rings is 1. The number of nitriles is 1. The first-order valence-electron chi connectivity index (χ1n) is 11.0. The highest BCUT2D eigenvalue weighted by Gasteiger charge is 2.24. The zero-order chi connectivity index (χ0) is 26.2. The number of carboxylic acids is 1. The average Bonchev–Trinajstić information content (AvgIpc) is 2.83. The first-order chi connectivity index (χ1) is 17.2. The molecule has 14 heteroatoms. The molecule has 0 atom stereocenters. The van der Waals surface area contributed by atoms with Crippen LogP contribution >= 0.6 is 0 Å². The summed E-state index contributed by atoms with van der Waals surface area (Å²) in [6, 6.07) is 8.76. The van der Waals surface area contributed by atoms with Crippen LogP contribution in [0.5, 0.6) is 0 Å². The number of hydrazone groups is 1. The summed E-state index contributed by atoms with van der Waals surface area (Å²) in [7, 11) is 0. The number of hydrazine groups is 1. The lowest BCUT2D eigenvalue weighted by molar-refractivity contribution is -0.138. The van der Waals surface area contributed by atoms with Crippen LogP contribution < -0.4 is 27.5 Å². The summed E-state index contributed by atoms with van der Waals surface area (Å²) in [5, 5.41) is 33.0. The quantitative estimate of drug-likeness (QED) is 0.114. The molecule has 1 amide bonds. The van der Waals surface area contributed by atoms with Crippen molar-refractivity contribution in [2.45, 2.75) is 19.3 Å². The second-order valence-corrected chi connectivity index (χ2v) is 8.11. The summed E-state index contributed by atoms with van der Waals surface area (Å²) in [6.45, 7) is 0.774. The smallest absolute Gasteiger partial charge is 0.326 e. The number of aliphatic carboxylic acids is 1. The highest BCUT2D eigenvalue weighted by atomic mass is 16.4. The van der Waals surface area contributed by atoms with E-state index in [0.717, 1.165) is 19.1 Å². The topological polar surface area (TPSA) is 237 Å². The number of anilines is 3. The van der Waals surface area contributed by atoms with Crippen molar-refractivity contribution in [1.29, 1.82) is 10.7 Å². The van der Waals surface area contributed by atoms with Crippen LogP contribution in [-0.2, 0) is 4.79 Å². The third-order valence-electron chi connectivity index (χ3n) is 5.56. The fourth-order valence-corrected chi connectivity index (χ4v) is 3.74. The molecule has 2 heterocycles. The number of carbonyl (C=O) groups is 2. The van der Waals surface area contributed by atoms with Crippen molar-refractivity contribution in [3.8, 4) is 6.07 Å². The zero-order valence-electron chi connectivity index (χ0n) is 19.4. The predicted molar refractivity (Wildman–Crippen MR) is 133 cm³/mol. The first-order valence-corrected chi connectivity index (χ1v) is 11.0. The van der Waals surface area contributed by atoms with Crippen molar-refractivity contribution >= 4 is 41.4 Å². The SMILES string of the molecule is N#CCC1CCN(c2nc(C=N)c(C(N)=O)c(Nc3ccc(/C(N)=N/N(N)CC(=O)O)cc3)n2)CC1. The van der Waals surface area contributed by atoms with Gasteiger partial charge in [-0.25, -0.2) is 15.9 Å². The number of hydrogen-bond acceptors (Lipinski definition) is 11. The summed E-state index contributed by atoms with van der Waals surface area (Å²) in [4.78, 5) is 33.7. The molecular weight excluding hydrogens is 466 g/mol. The largest absolute Gasteiger partial charge is 0.480 e. The molecule has 1 aliphatic rings. The highest BCUT2D eigenvalue weighted by Crippen LogP contribution is 2.27. The van der Waals surface area contributed by atoms with E-state index in [2.05, 4.69) is 26.5 Å². The van der Waals surface area contributed by atoms with E-state index >= 15 is 0 Å². The second kappa shape index (κ2) is 11.6. The van der Waals surface area contributed by atoms with Gasteiger partial charge in [-0.2, -0.15) is 10.2 Å². The van der Waals surface area contributed by atoms with Crippen molar-refractivity contribution in [3.05, 3.63) is 41.1 Å². The lowest BCUT2D eigenvalue weighted by atomic mass is 9.94. The van der Waals surface area contributed by atoms with E-state index < -0.39 is 18.4 Å². The van der Waals surface area contributed by atoms with Gasteiger partial charge in [0.05, 0.1) is 6.07 Å². The van der Waals surface area contributed by atoms with Gasteiger partial charge in [-0.05, 0) is 43.0 Å². The van der Waals surface area contributed by atoms with Crippen molar-refractivity contribution in [2.75, 3.05) is 29.9 Å². The van der Waals surface area contributed by atoms with Gasteiger partial charge in [0.25, 0.3) is 5.91 Å². The number of hydrogen-bond donors (Lipinski definition) is 6. The average molecular weight is 494 g/mol. The molecule has 0 spiro atoms. The molecule has 2 aromatic rings. The number of carboxylic acid groups (broad SMARTS) is 1. The Hall–Kier alpha value is -4.77. The van der Waals surface area contributed by atoms with Gasteiger partial charge in [0.2, 0.25) is 5.95 Å². The Labute approximate surface area is 206 Å². The van der Waals surface area contributed by atoms with Crippen LogP contribution in [0.4, 0.5) is 17.5 Å². The maximum Gasteiger partial charge on any atom is 0.326 e. The molecule has 9 N–H and O–H groups in total. The summed E-state index contributed by atoms with van der Waals surface area (Å²) in [5.41, 5.74) is 12.6. The van der Waals surface area contributed by atoms with Crippen LogP contribution in [-0.4, -0.2) is 63.8 Å². The number of primary amides is 1. The fourth-order valence-electron chi connectivity index (χ4n) is 3.74. The van der Waals surface area contributed by atoms with Gasteiger partial charge in [-0.15, -0.1) is 5.10 Å². The summed E-state index contributed by atoms with van der Waals surface area (Å²) in [5.74, 6) is 4.39. The number of aromatic nitrogens is 2. The molecule has 0 aliphatic carbocycles. The Morgan fingerprint density at radius 1 is 1.28 bits per heavy atom. The number of amidine groups is 1. The Bertz CT molecular complexity index is 1200. The minimum atomic E-state index is -1.15. The van der Waals surface area contributed by atoms with Crippen LogP contribution in [0.15, 0.2) is 29.4 Å². The molecule has 1 aromatic carbocycles. The van der Waals surface area contributed by atoms with Gasteiger partial charge in [-0.1, -0.05) is 0 Å². The third-order valence-corrected chi connectivity index (χ3v) is 5.56. The number of piperidine rings is 1. The molecule has 1 fully saturated rings. The van der Waals surface area contributed by atoms with Crippen LogP contribution in [0, 0.1) is 22.7 Å². The molecule has 3 rings (SSSR count). The first kappa shape index (κ1) is 25.8. The standard InChI is InChI=1S/C22H27N11O3/c23-8-5-13-6-9-32(10-7-13)22-29-16(11-24)18(20(26)36)21(30-22)28-15-3-1-14(2-4-15)19(25)31-33(27)12-17(34)35/h1-4,11,13,24H,5-7,9-10,12,27H2,(H2,25,31)(H2,26,36)(H,34,35)(H,28,29,30). The lowest BCUT2D eigenvalue weighted by Crippen LogP contribution is -2.35. The fraction of sp³-hybridized carbons (Fsp3) is 0.318. The van der Waals surface area contributed by atoms with Gasteiger partial charge in [0, 0.05) is 37.0 Å². The van der Waals surface area contributed by atoms with Gasteiger partial charge in [0.15, 0.2) is 12.4 Å². The van der Waals surface area contributed by atoms with E-state index in [9.17, 15) is 9.59 Å². The molecule has 36 heavy (non-hydrogen) atoms. The lowest BCUT2D eigenvalue weighted by Gasteiger charge is -2.31. The van der Waals surface area contributed by atoms with E-state index in [0.29, 0.717) is 47.7 Å². The maximum atomic E-state index is 12.2. The Kier molecular flexibility index (Phi) is 8.31. The minimum Gasteiger partial charge on any atom is -0.480 e. The van der Waals surface area contributed by atoms with E-state index in [4.69, 9.17) is 33.1 Å². The zero-order valence-corrected chi connectivity index (χ0v) is 19.4. The number of nitrogens with one attached hydrogen (secondary N) is 2. The van der Waals surface area contributed by atoms with Gasteiger partial charge >= 0.3 is 5.97 Å². The van der Waals surface area contributed by atoms with E-state index in [1.807, 2.05) is 4.90 Å². The molecule has 0 unspecified atom stereocenters. The van der Waals surface area contributed by atoms with E-state index in [1.54, 1.807) is 24.3 Å². The molecule has 0 bridgehead atoms. The molecule has 1 saturated heterocycles. The molecule has 188 valence electrons. The Morgan fingerprint density at radius 2 is 1.94 bits per heavy atom. The number of rotatable bonds is 10. The van der Waals surface area contributed by atoms with Crippen LogP contribution in [0.3, 0.4) is 0 Å². The van der Waals surface area contributed by atoms with Crippen molar-refractivity contribution in [3.63, 3.8) is 0 Å². The van der Waals surface area contributed by atoms with Gasteiger partial charge in [0.1, 0.15) is 17.1 Å². The summed E-state index contributed by atoms with van der Waals surface area (Å²) in [6.07, 6.45) is 3.08. The van der Waals surface area contributed by atoms with Gasteiger partial charge < -0.3 is 32.2 Å². The number of nitrogens with two attached hydrogens (primary N) is 3. The summed E-state index contributed by atoms with van der Waals surface area (Å²) >= 11 is 0. The molecule has 1 aliphatic heterocycles. The van der Waals surface area contributed by atoms with Gasteiger partial charge in [-0.3, -0.25) is 9.59 Å². The highest BCUT2D eigenvalue weighted by molar-refractivity contribution is 6.05. The normalized spacial score (nSPS) is 14.1. The minimum absolute atomic E-state index is 0.0124. The Morgan fingerprint density at radius 3 is 2.50 bits per heavy atom. The van der Waals surface area contributed by atoms with Crippen LogP contribution in [0.1, 0.15) is 40.9 Å². The number of carbonyl (C=O) groups excluding carboxylic acids is 1. The van der Waals surface area contributed by atoms with Crippen molar-refractivity contribution in [2.24, 2.45) is 28.3 Å². The molecule has 0 radical (unpaired) electrons. The number of amides is 1. The van der Waals surface area contributed by atoms with Crippen LogP contribution in [0.2, 0.25) is 0 Å². The van der Waals surface area contributed by atoms with Crippen molar-refractivity contribution < 1.29 is 14.7 Å². The monoisotopic (exact) mass is 493 g/mol. The molecule has 1 aromatic heterocycles. The second-order valence-electron chi connectivity index (χ2n) is 8.11. The van der Waals surface area contributed by atoms with E-state index in [1.165, 1.54) is 0 Å². The molecular formula is C22H27N11O3. The number of nitrogens with zero attached hydrogens (tertiary/aromatic N) is 6. The Balaban J connectivity index is 1.86. The molecule has 14 nitrogen and oxygen atoms in total. The van der Waals surface area contributed by atoms with E-state index in [-0.39, 0.29) is 22.9 Å². The molecule has 0 saturated carbocycles.